The topological polar surface area (TPSA) is 107 Å². The lowest BCUT2D eigenvalue weighted by atomic mass is 9.88. The Kier molecular flexibility index (Phi) is 5.93. The molecule has 1 N–H and O–H groups in total. The summed E-state index contributed by atoms with van der Waals surface area (Å²) in [6.45, 7) is 0.0671. The number of aliphatic hydroxyl groups excluding tert-OH is 1. The Hall–Kier alpha value is -2.55. The van der Waals surface area contributed by atoms with Crippen LogP contribution in [0, 0.1) is 16.0 Å². The molecule has 2 aromatic rings. The minimum atomic E-state index is -3.94. The highest BCUT2D eigenvalue weighted by Crippen LogP contribution is 2.36. The van der Waals surface area contributed by atoms with Crippen molar-refractivity contribution in [2.24, 2.45) is 5.92 Å². The van der Waals surface area contributed by atoms with E-state index in [1.54, 1.807) is 18.2 Å². The van der Waals surface area contributed by atoms with E-state index in [2.05, 4.69) is 0 Å². The molecule has 0 bridgehead atoms. The molecule has 8 heteroatoms. The minimum absolute atomic E-state index is 0.00923. The quantitative estimate of drug-likeness (QED) is 0.412. The van der Waals surface area contributed by atoms with Gasteiger partial charge in [-0.2, -0.15) is 0 Å². The van der Waals surface area contributed by atoms with E-state index in [0.717, 1.165) is 5.56 Å². The van der Waals surface area contributed by atoms with Gasteiger partial charge in [0.25, 0.3) is 5.54 Å². The molecule has 148 valence electrons. The lowest BCUT2D eigenvalue weighted by Crippen LogP contribution is -2.51. The van der Waals surface area contributed by atoms with Gasteiger partial charge in [-0.1, -0.05) is 54.6 Å². The zero-order valence-corrected chi connectivity index (χ0v) is 15.9. The molecule has 0 saturated heterocycles. The van der Waals surface area contributed by atoms with Crippen molar-refractivity contribution in [2.75, 3.05) is 12.4 Å². The molecule has 0 heterocycles. The van der Waals surface area contributed by atoms with E-state index in [9.17, 15) is 23.6 Å². The van der Waals surface area contributed by atoms with Gasteiger partial charge >= 0.3 is 0 Å². The van der Waals surface area contributed by atoms with Crippen LogP contribution in [0.15, 0.2) is 77.7 Å². The third-order valence-corrected chi connectivity index (χ3v) is 6.74. The molecule has 3 atom stereocenters. The van der Waals surface area contributed by atoms with E-state index in [1.807, 2.05) is 30.3 Å². The summed E-state index contributed by atoms with van der Waals surface area (Å²) < 4.78 is 31.2. The Morgan fingerprint density at radius 1 is 1.07 bits per heavy atom. The highest BCUT2D eigenvalue weighted by molar-refractivity contribution is 7.91. The average Bonchev–Trinajstić information content (AvgIpc) is 3.00. The van der Waals surface area contributed by atoms with Crippen molar-refractivity contribution in [1.29, 1.82) is 0 Å². The lowest BCUT2D eigenvalue weighted by Gasteiger charge is -2.28. The van der Waals surface area contributed by atoms with Crippen LogP contribution in [-0.2, 0) is 21.2 Å². The first-order valence-corrected chi connectivity index (χ1v) is 10.4. The van der Waals surface area contributed by atoms with E-state index in [1.165, 1.54) is 24.3 Å². The smallest absolute Gasteiger partial charge is 0.262 e. The molecule has 0 saturated carbocycles. The Labute approximate surface area is 163 Å². The number of sulfone groups is 1. The first-order valence-electron chi connectivity index (χ1n) is 8.76. The van der Waals surface area contributed by atoms with Crippen LogP contribution >= 0.6 is 0 Å². The summed E-state index contributed by atoms with van der Waals surface area (Å²) in [7, 11) is -3.94. The SMILES string of the molecule is O=[N+]([O-])C1(CS(=O)(=O)c2ccccc2)C=CC(O)C1COCc1ccccc1. The molecule has 3 unspecified atom stereocenters. The number of hydrogen-bond donors (Lipinski definition) is 1. The van der Waals surface area contributed by atoms with Crippen molar-refractivity contribution in [3.63, 3.8) is 0 Å². The van der Waals surface area contributed by atoms with Gasteiger partial charge in [0.05, 0.1) is 30.1 Å². The standard InChI is InChI=1S/C20H21NO6S/c22-19-11-12-20(21(23)24,15-28(25,26)17-9-5-2-6-10-17)18(19)14-27-13-16-7-3-1-4-8-16/h1-12,18-19,22H,13-15H2. The number of nitrogens with zero attached hydrogens (tertiary/aromatic N) is 1. The molecule has 3 rings (SSSR count). The second-order valence-electron chi connectivity index (χ2n) is 6.78. The van der Waals surface area contributed by atoms with E-state index >= 15 is 0 Å². The van der Waals surface area contributed by atoms with Crippen LogP contribution in [-0.4, -0.2) is 42.5 Å². The van der Waals surface area contributed by atoms with Gasteiger partial charge in [-0.05, 0) is 23.8 Å². The summed E-state index contributed by atoms with van der Waals surface area (Å²) in [4.78, 5) is 11.3. The molecule has 0 amide bonds. The van der Waals surface area contributed by atoms with Crippen LogP contribution in [0.3, 0.4) is 0 Å². The second-order valence-corrected chi connectivity index (χ2v) is 8.77. The van der Waals surface area contributed by atoms with Crippen molar-refractivity contribution < 1.29 is 23.2 Å². The molecule has 1 aliphatic carbocycles. The summed E-state index contributed by atoms with van der Waals surface area (Å²) in [6, 6.07) is 16.8. The van der Waals surface area contributed by atoms with E-state index in [-0.39, 0.29) is 18.1 Å². The fraction of sp³-hybridized carbons (Fsp3) is 0.300. The molecule has 0 fully saturated rings. The second kappa shape index (κ2) is 8.22. The highest BCUT2D eigenvalue weighted by atomic mass is 32.2. The fourth-order valence-corrected chi connectivity index (χ4v) is 5.12. The van der Waals surface area contributed by atoms with Gasteiger partial charge < -0.3 is 9.84 Å². The first-order chi connectivity index (χ1) is 13.3. The zero-order chi connectivity index (χ0) is 20.2. The Morgan fingerprint density at radius 2 is 1.68 bits per heavy atom. The van der Waals surface area contributed by atoms with Gasteiger partial charge in [0.1, 0.15) is 5.75 Å². The molecular weight excluding hydrogens is 382 g/mol. The molecule has 7 nitrogen and oxygen atoms in total. The summed E-state index contributed by atoms with van der Waals surface area (Å²) in [5, 5.41) is 22.2. The molecule has 0 aliphatic heterocycles. The van der Waals surface area contributed by atoms with Crippen molar-refractivity contribution in [2.45, 2.75) is 23.1 Å². The van der Waals surface area contributed by atoms with Crippen LogP contribution in [0.4, 0.5) is 0 Å². The summed E-state index contributed by atoms with van der Waals surface area (Å²) in [6.07, 6.45) is 1.31. The predicted octanol–water partition coefficient (Wildman–Crippen LogP) is 2.24. The molecule has 28 heavy (non-hydrogen) atoms. The van der Waals surface area contributed by atoms with Crippen molar-refractivity contribution >= 4 is 9.84 Å². The molecule has 0 spiro atoms. The number of benzene rings is 2. The average molecular weight is 403 g/mol. The van der Waals surface area contributed by atoms with Crippen molar-refractivity contribution in [3.8, 4) is 0 Å². The zero-order valence-electron chi connectivity index (χ0n) is 15.0. The van der Waals surface area contributed by atoms with Crippen LogP contribution in [0.25, 0.3) is 0 Å². The highest BCUT2D eigenvalue weighted by Gasteiger charge is 2.57. The Balaban J connectivity index is 1.81. The summed E-state index contributed by atoms with van der Waals surface area (Å²) >= 11 is 0. The fourth-order valence-electron chi connectivity index (χ4n) is 3.36. The maximum absolute atomic E-state index is 12.8. The molecule has 0 radical (unpaired) electrons. The number of aliphatic hydroxyl groups is 1. The third kappa shape index (κ3) is 4.14. The van der Waals surface area contributed by atoms with Gasteiger partial charge in [0.2, 0.25) is 0 Å². The van der Waals surface area contributed by atoms with Gasteiger partial charge in [-0.25, -0.2) is 8.42 Å². The maximum atomic E-state index is 12.8. The normalized spacial score (nSPS) is 24.3. The summed E-state index contributed by atoms with van der Waals surface area (Å²) in [5.74, 6) is -1.76. The molecular formula is C20H21NO6S. The van der Waals surface area contributed by atoms with Gasteiger partial charge in [-0.15, -0.1) is 0 Å². The van der Waals surface area contributed by atoms with Gasteiger partial charge in [-0.3, -0.25) is 10.1 Å². The number of ether oxygens (including phenoxy) is 1. The minimum Gasteiger partial charge on any atom is -0.388 e. The Morgan fingerprint density at radius 3 is 2.29 bits per heavy atom. The third-order valence-electron chi connectivity index (χ3n) is 4.91. The monoisotopic (exact) mass is 403 g/mol. The molecule has 1 aliphatic rings. The number of nitro groups is 1. The molecule has 2 aromatic carbocycles. The number of hydrogen-bond acceptors (Lipinski definition) is 6. The number of rotatable bonds is 8. The summed E-state index contributed by atoms with van der Waals surface area (Å²) in [5.41, 5.74) is -1.07. The van der Waals surface area contributed by atoms with Crippen LogP contribution < -0.4 is 0 Å². The maximum Gasteiger partial charge on any atom is 0.262 e. The van der Waals surface area contributed by atoms with Gasteiger partial charge in [0, 0.05) is 4.92 Å². The van der Waals surface area contributed by atoms with Crippen molar-refractivity contribution in [3.05, 3.63) is 88.5 Å². The largest absolute Gasteiger partial charge is 0.388 e. The van der Waals surface area contributed by atoms with Crippen LogP contribution in [0.1, 0.15) is 5.56 Å². The van der Waals surface area contributed by atoms with Crippen LogP contribution in [0.2, 0.25) is 0 Å². The first kappa shape index (κ1) is 20.2. The van der Waals surface area contributed by atoms with E-state index < -0.39 is 38.1 Å². The van der Waals surface area contributed by atoms with Crippen molar-refractivity contribution in [1.82, 2.24) is 0 Å². The van der Waals surface area contributed by atoms with E-state index in [0.29, 0.717) is 0 Å². The van der Waals surface area contributed by atoms with Gasteiger partial charge in [0.15, 0.2) is 9.84 Å². The van der Waals surface area contributed by atoms with Crippen LogP contribution in [0.5, 0.6) is 0 Å². The van der Waals surface area contributed by atoms with E-state index in [4.69, 9.17) is 4.74 Å². The molecule has 0 aromatic heterocycles. The Bertz CT molecular complexity index is 945. The lowest BCUT2D eigenvalue weighted by molar-refractivity contribution is -0.560. The predicted molar refractivity (Wildman–Crippen MR) is 103 cm³/mol.